The maximum atomic E-state index is 4.67. The Bertz CT molecular complexity index is 558. The molecule has 2 aromatic heterocycles. The van der Waals surface area contributed by atoms with Crippen molar-refractivity contribution >= 4 is 31.4 Å². The van der Waals surface area contributed by atoms with Crippen LogP contribution >= 0.6 is 9.64 Å². The Hall–Kier alpha value is -1.03. The van der Waals surface area contributed by atoms with E-state index < -0.39 is 0 Å². The predicted molar refractivity (Wildman–Crippen MR) is 69.3 cm³/mol. The van der Waals surface area contributed by atoms with Gasteiger partial charge in [-0.1, -0.05) is 24.3 Å². The van der Waals surface area contributed by atoms with Crippen molar-refractivity contribution in [3.8, 4) is 0 Å². The third kappa shape index (κ3) is 2.80. The van der Waals surface area contributed by atoms with Gasteiger partial charge in [0.1, 0.15) is 0 Å². The van der Waals surface area contributed by atoms with E-state index in [9.17, 15) is 0 Å². The minimum atomic E-state index is 0. The van der Waals surface area contributed by atoms with Crippen LogP contribution in [0.1, 0.15) is 0 Å². The molecule has 0 aliphatic heterocycles. The molecule has 1 aromatic carbocycles. The minimum Gasteiger partial charge on any atom is -0.254 e. The topological polar surface area (TPSA) is 25.8 Å². The molecule has 2 nitrogen and oxygen atoms in total. The molecule has 3 aromatic rings. The molecule has 0 fully saturated rings. The summed E-state index contributed by atoms with van der Waals surface area (Å²) >= 11 is 1.33. The fourth-order valence-electron chi connectivity index (χ4n) is 1.68. The summed E-state index contributed by atoms with van der Waals surface area (Å²) in [5.74, 6) is 0. The number of halogens is 1. The molecule has 0 spiro atoms. The van der Waals surface area contributed by atoms with E-state index in [2.05, 4.69) is 43.9 Å². The molecule has 0 N–H and O–H groups in total. The van der Waals surface area contributed by atoms with Crippen molar-refractivity contribution in [3.63, 3.8) is 0 Å². The molecule has 0 aliphatic carbocycles. The summed E-state index contributed by atoms with van der Waals surface area (Å²) in [6, 6.07) is 12.1. The van der Waals surface area contributed by atoms with E-state index in [0.717, 1.165) is 21.8 Å². The number of pyridine rings is 2. The number of rotatable bonds is 0. The molecule has 2 heterocycles. The second-order valence-corrected chi connectivity index (χ2v) is 3.22. The molecule has 0 aliphatic rings. The maximum absolute atomic E-state index is 4.67. The largest absolute Gasteiger partial charge is 0.254 e. The van der Waals surface area contributed by atoms with Crippen molar-refractivity contribution in [2.24, 2.45) is 0 Å². The first-order chi connectivity index (χ1) is 7.95. The summed E-state index contributed by atoms with van der Waals surface area (Å²) in [4.78, 5) is 8.69. The van der Waals surface area contributed by atoms with Crippen molar-refractivity contribution in [1.29, 1.82) is 0 Å². The van der Waals surface area contributed by atoms with Gasteiger partial charge in [0.25, 0.3) is 0 Å². The van der Waals surface area contributed by atoms with Crippen LogP contribution in [0.4, 0.5) is 0 Å². The van der Waals surface area contributed by atoms with E-state index in [1.54, 1.807) is 12.4 Å². The van der Waals surface area contributed by atoms with Crippen LogP contribution in [0.15, 0.2) is 48.8 Å². The molecule has 0 unspecified atom stereocenters. The molecule has 0 saturated heterocycles. The van der Waals surface area contributed by atoms with Crippen molar-refractivity contribution in [1.82, 2.24) is 9.97 Å². The van der Waals surface area contributed by atoms with Gasteiger partial charge in [-0.25, -0.2) is 0 Å². The van der Waals surface area contributed by atoms with Crippen molar-refractivity contribution in [2.75, 3.05) is 0 Å². The van der Waals surface area contributed by atoms with E-state index in [1.807, 2.05) is 12.1 Å². The third-order valence-electron chi connectivity index (χ3n) is 2.34. The van der Waals surface area contributed by atoms with E-state index in [0.29, 0.717) is 0 Å². The van der Waals surface area contributed by atoms with Crippen molar-refractivity contribution in [3.05, 3.63) is 56.2 Å². The van der Waals surface area contributed by atoms with Crippen molar-refractivity contribution in [2.45, 2.75) is 0 Å². The van der Waals surface area contributed by atoms with Crippen LogP contribution in [0.3, 0.4) is 0 Å². The summed E-state index contributed by atoms with van der Waals surface area (Å²) < 4.78 is 0. The SMILES string of the molecule is [CH3-].[Cl][Os].c1cnc2c(c1)ccc1cccnc12. The Morgan fingerprint density at radius 1 is 0.765 bits per heavy atom. The number of hydrogen-bond donors (Lipinski definition) is 0. The molecule has 4 heteroatoms. The first-order valence-electron chi connectivity index (χ1n) is 4.67. The van der Waals surface area contributed by atoms with Gasteiger partial charge in [-0.15, -0.1) is 0 Å². The monoisotopic (exact) mass is 422 g/mol. The average Bonchev–Trinajstić information content (AvgIpc) is 2.41. The average molecular weight is 421 g/mol. The summed E-state index contributed by atoms with van der Waals surface area (Å²) in [5, 5.41) is 2.28. The first-order valence-corrected chi connectivity index (χ1v) is 7.82. The van der Waals surface area contributed by atoms with Crippen LogP contribution in [-0.4, -0.2) is 9.97 Å². The Morgan fingerprint density at radius 2 is 1.18 bits per heavy atom. The zero-order chi connectivity index (χ0) is 11.4. The smallest absolute Gasteiger partial charge is 0.0964 e. The van der Waals surface area contributed by atoms with Gasteiger partial charge >= 0.3 is 27.2 Å². The van der Waals surface area contributed by atoms with Gasteiger partial charge in [0, 0.05) is 23.2 Å². The van der Waals surface area contributed by atoms with Gasteiger partial charge in [-0.2, -0.15) is 0 Å². The molecule has 17 heavy (non-hydrogen) atoms. The zero-order valence-electron chi connectivity index (χ0n) is 9.24. The number of nitrogens with zero attached hydrogens (tertiary/aromatic N) is 2. The third-order valence-corrected chi connectivity index (χ3v) is 2.34. The Morgan fingerprint density at radius 3 is 1.59 bits per heavy atom. The summed E-state index contributed by atoms with van der Waals surface area (Å²) in [6.07, 6.45) is 3.60. The normalized spacial score (nSPS) is 9.29. The van der Waals surface area contributed by atoms with Crippen LogP contribution in [0.25, 0.3) is 21.8 Å². The number of aromatic nitrogens is 2. The van der Waals surface area contributed by atoms with E-state index in [-0.39, 0.29) is 7.43 Å². The fourth-order valence-corrected chi connectivity index (χ4v) is 1.68. The van der Waals surface area contributed by atoms with Crippen molar-refractivity contribution < 1.29 is 17.6 Å². The van der Waals surface area contributed by atoms with E-state index in [4.69, 9.17) is 0 Å². The Kier molecular flexibility index (Phi) is 5.48. The Balaban J connectivity index is 0.000000459. The van der Waals surface area contributed by atoms with Gasteiger partial charge in [-0.3, -0.25) is 9.97 Å². The minimum absolute atomic E-state index is 0. The predicted octanol–water partition coefficient (Wildman–Crippen LogP) is 3.92. The molecule has 0 bridgehead atoms. The van der Waals surface area contributed by atoms with Gasteiger partial charge in [0.15, 0.2) is 0 Å². The molecule has 3 rings (SSSR count). The zero-order valence-corrected chi connectivity index (χ0v) is 12.5. The van der Waals surface area contributed by atoms with E-state index in [1.165, 1.54) is 17.6 Å². The molecular weight excluding hydrogens is 410 g/mol. The summed E-state index contributed by atoms with van der Waals surface area (Å²) in [7, 11) is 4.67. The molecular formula is C13H11ClN2Os-. The molecule has 89 valence electrons. The number of fused-ring (bicyclic) bond motifs is 3. The standard InChI is InChI=1S/C12H8N2.CH3.ClH.Os/c1-3-9-5-6-10-4-2-8-14-12(10)11(9)13-7-1;;;/h1-8H;1H3;1H;/q;-1;;+1/p-1. The number of benzene rings is 1. The summed E-state index contributed by atoms with van der Waals surface area (Å²) in [5.41, 5.74) is 1.95. The maximum Gasteiger partial charge on any atom is 0.0964 e. The van der Waals surface area contributed by atoms with Crippen LogP contribution in [0.2, 0.25) is 0 Å². The first kappa shape index (κ1) is 14.0. The number of hydrogen-bond acceptors (Lipinski definition) is 2. The van der Waals surface area contributed by atoms with Crippen LogP contribution in [0, 0.1) is 7.43 Å². The molecule has 0 radical (unpaired) electrons. The van der Waals surface area contributed by atoms with Crippen LogP contribution in [0.5, 0.6) is 0 Å². The second kappa shape index (κ2) is 6.64. The second-order valence-electron chi connectivity index (χ2n) is 3.22. The van der Waals surface area contributed by atoms with Gasteiger partial charge in [0.2, 0.25) is 0 Å². The Labute approximate surface area is 115 Å². The molecule has 0 saturated carbocycles. The molecule has 0 atom stereocenters. The van der Waals surface area contributed by atoms with Crippen LogP contribution < -0.4 is 0 Å². The fraction of sp³-hybridized carbons (Fsp3) is 0. The molecule has 0 amide bonds. The summed E-state index contributed by atoms with van der Waals surface area (Å²) in [6.45, 7) is 0. The quantitative estimate of drug-likeness (QED) is 0.407. The van der Waals surface area contributed by atoms with Gasteiger partial charge in [0.05, 0.1) is 11.0 Å². The van der Waals surface area contributed by atoms with Gasteiger partial charge < -0.3 is 7.43 Å². The van der Waals surface area contributed by atoms with Gasteiger partial charge in [-0.05, 0) is 12.1 Å². The van der Waals surface area contributed by atoms with Crippen LogP contribution in [-0.2, 0) is 17.6 Å². The van der Waals surface area contributed by atoms with E-state index >= 15 is 0 Å².